The van der Waals surface area contributed by atoms with Crippen molar-refractivity contribution in [1.82, 2.24) is 19.5 Å². The molecule has 8 heteroatoms. The molecule has 1 aromatic carbocycles. The van der Waals surface area contributed by atoms with Gasteiger partial charge in [-0.2, -0.15) is 0 Å². The molecule has 0 radical (unpaired) electrons. The van der Waals surface area contributed by atoms with E-state index in [2.05, 4.69) is 15.0 Å². The van der Waals surface area contributed by atoms with Crippen molar-refractivity contribution in [2.45, 2.75) is 0 Å². The van der Waals surface area contributed by atoms with Crippen molar-refractivity contribution in [2.75, 3.05) is 0 Å². The van der Waals surface area contributed by atoms with Crippen LogP contribution in [0.4, 0.5) is 4.39 Å². The van der Waals surface area contributed by atoms with Crippen LogP contribution in [-0.4, -0.2) is 19.5 Å². The molecule has 2 heterocycles. The molecule has 0 bridgehead atoms. The lowest BCUT2D eigenvalue weighted by atomic mass is 10.2. The lowest BCUT2D eigenvalue weighted by Gasteiger charge is -2.00. The molecular weight excluding hydrogens is 287 g/mol. The van der Waals surface area contributed by atoms with Crippen molar-refractivity contribution in [3.05, 3.63) is 49.9 Å². The zero-order valence-corrected chi connectivity index (χ0v) is 11.0. The monoisotopic (exact) mass is 294 g/mol. The average molecular weight is 295 g/mol. The summed E-state index contributed by atoms with van der Waals surface area (Å²) in [6.07, 6.45) is 0. The fourth-order valence-corrected chi connectivity index (χ4v) is 2.09. The number of benzene rings is 1. The van der Waals surface area contributed by atoms with E-state index in [1.807, 2.05) is 0 Å². The summed E-state index contributed by atoms with van der Waals surface area (Å²) < 4.78 is 15.1. The summed E-state index contributed by atoms with van der Waals surface area (Å²) in [6.45, 7) is 0. The van der Waals surface area contributed by atoms with Crippen LogP contribution >= 0.6 is 11.6 Å². The molecule has 2 aromatic heterocycles. The maximum Gasteiger partial charge on any atom is 0.329 e. The Bertz CT molecular complexity index is 941. The summed E-state index contributed by atoms with van der Waals surface area (Å²) in [5, 5.41) is -0.0502. The number of H-pyrrole nitrogens is 2. The fraction of sp³-hybridized carbons (Fsp3) is 0.0833. The lowest BCUT2D eigenvalue weighted by molar-refractivity contribution is 0.630. The van der Waals surface area contributed by atoms with Gasteiger partial charge >= 0.3 is 5.69 Å². The Labute approximate surface area is 115 Å². The first-order valence-corrected chi connectivity index (χ1v) is 6.00. The minimum Gasteiger partial charge on any atom is -0.332 e. The van der Waals surface area contributed by atoms with E-state index < -0.39 is 17.1 Å². The summed E-state index contributed by atoms with van der Waals surface area (Å²) in [5.41, 5.74) is -0.827. The third kappa shape index (κ3) is 1.75. The maximum atomic E-state index is 13.9. The molecule has 20 heavy (non-hydrogen) atoms. The average Bonchev–Trinajstić information content (AvgIpc) is 2.85. The Morgan fingerprint density at radius 3 is 2.80 bits per heavy atom. The standard InChI is InChI=1S/C12H8ClFN4O2/c1-18-10-8(11(19)17-12(18)20)15-9(16-10)5-3-2-4-6(13)7(5)14/h2-4H,1H3,(H,15,16)(H,17,19,20). The van der Waals surface area contributed by atoms with E-state index in [-0.39, 0.29) is 27.6 Å². The van der Waals surface area contributed by atoms with Gasteiger partial charge in [0.05, 0.1) is 10.6 Å². The van der Waals surface area contributed by atoms with Gasteiger partial charge in [0.15, 0.2) is 11.5 Å². The zero-order chi connectivity index (χ0) is 14.4. The van der Waals surface area contributed by atoms with Gasteiger partial charge in [-0.3, -0.25) is 14.3 Å². The van der Waals surface area contributed by atoms with Crippen LogP contribution in [0.1, 0.15) is 0 Å². The van der Waals surface area contributed by atoms with Crippen LogP contribution in [0.5, 0.6) is 0 Å². The van der Waals surface area contributed by atoms with Crippen molar-refractivity contribution < 1.29 is 4.39 Å². The Hall–Kier alpha value is -2.41. The molecule has 2 N–H and O–H groups in total. The molecule has 0 spiro atoms. The third-order valence-electron chi connectivity index (χ3n) is 2.96. The fourth-order valence-electron chi connectivity index (χ4n) is 1.92. The highest BCUT2D eigenvalue weighted by Crippen LogP contribution is 2.26. The molecule has 3 aromatic rings. The van der Waals surface area contributed by atoms with Crippen molar-refractivity contribution in [3.8, 4) is 11.4 Å². The van der Waals surface area contributed by atoms with Gasteiger partial charge in [0, 0.05) is 7.05 Å². The summed E-state index contributed by atoms with van der Waals surface area (Å²) in [7, 11) is 1.46. The van der Waals surface area contributed by atoms with Crippen molar-refractivity contribution in [3.63, 3.8) is 0 Å². The maximum absolute atomic E-state index is 13.9. The van der Waals surface area contributed by atoms with Crippen LogP contribution in [-0.2, 0) is 7.05 Å². The van der Waals surface area contributed by atoms with E-state index in [4.69, 9.17) is 11.6 Å². The minimum absolute atomic E-state index is 0.0502. The van der Waals surface area contributed by atoms with Crippen molar-refractivity contribution in [1.29, 1.82) is 0 Å². The molecule has 0 atom stereocenters. The number of aromatic amines is 2. The van der Waals surface area contributed by atoms with Crippen molar-refractivity contribution in [2.24, 2.45) is 7.05 Å². The van der Waals surface area contributed by atoms with Crippen LogP contribution in [0.15, 0.2) is 27.8 Å². The number of nitrogens with one attached hydrogen (secondary N) is 2. The van der Waals surface area contributed by atoms with Gasteiger partial charge in [-0.05, 0) is 12.1 Å². The molecule has 3 rings (SSSR count). The number of hydrogen-bond acceptors (Lipinski definition) is 3. The molecule has 0 saturated carbocycles. The van der Waals surface area contributed by atoms with E-state index >= 15 is 0 Å². The first kappa shape index (κ1) is 12.6. The molecular formula is C12H8ClFN4O2. The van der Waals surface area contributed by atoms with Crippen LogP contribution in [0.2, 0.25) is 5.02 Å². The molecule has 0 unspecified atom stereocenters. The second kappa shape index (κ2) is 4.31. The second-order valence-electron chi connectivity index (χ2n) is 4.20. The van der Waals surface area contributed by atoms with Crippen LogP contribution in [0, 0.1) is 5.82 Å². The summed E-state index contributed by atoms with van der Waals surface area (Å²) in [6, 6.07) is 4.45. The van der Waals surface area contributed by atoms with E-state index in [1.54, 1.807) is 6.07 Å². The largest absolute Gasteiger partial charge is 0.332 e. The molecule has 0 fully saturated rings. The number of fused-ring (bicyclic) bond motifs is 1. The summed E-state index contributed by atoms with van der Waals surface area (Å²) >= 11 is 5.71. The van der Waals surface area contributed by atoms with Gasteiger partial charge in [-0.15, -0.1) is 0 Å². The quantitative estimate of drug-likeness (QED) is 0.712. The van der Waals surface area contributed by atoms with Crippen LogP contribution in [0.3, 0.4) is 0 Å². The number of aryl methyl sites for hydroxylation is 1. The molecule has 0 aliphatic rings. The number of nitrogens with zero attached hydrogens (tertiary/aromatic N) is 2. The summed E-state index contributed by atoms with van der Waals surface area (Å²) in [5.74, 6) is -0.513. The normalized spacial score (nSPS) is 11.2. The van der Waals surface area contributed by atoms with E-state index in [9.17, 15) is 14.0 Å². The van der Waals surface area contributed by atoms with Crippen LogP contribution in [0.25, 0.3) is 22.6 Å². The number of rotatable bonds is 1. The van der Waals surface area contributed by atoms with E-state index in [0.29, 0.717) is 0 Å². The number of hydrogen-bond donors (Lipinski definition) is 2. The third-order valence-corrected chi connectivity index (χ3v) is 3.25. The van der Waals surface area contributed by atoms with E-state index in [0.717, 1.165) is 0 Å². The molecule has 0 aliphatic heterocycles. The van der Waals surface area contributed by atoms with Gasteiger partial charge in [-0.25, -0.2) is 14.2 Å². The molecule has 102 valence electrons. The SMILES string of the molecule is Cn1c(=O)[nH]c(=O)c2[nH]c(-c3cccc(Cl)c3F)nc21. The molecule has 0 saturated heterocycles. The van der Waals surface area contributed by atoms with Gasteiger partial charge in [-0.1, -0.05) is 17.7 Å². The van der Waals surface area contributed by atoms with Gasteiger partial charge in [0.25, 0.3) is 5.56 Å². The smallest absolute Gasteiger partial charge is 0.329 e. The minimum atomic E-state index is -0.644. The summed E-state index contributed by atoms with van der Waals surface area (Å²) in [4.78, 5) is 32.1. The predicted octanol–water partition coefficient (Wildman–Crippen LogP) is 1.41. The number of aromatic nitrogens is 4. The Morgan fingerprint density at radius 1 is 1.30 bits per heavy atom. The topological polar surface area (TPSA) is 83.5 Å². The highest BCUT2D eigenvalue weighted by molar-refractivity contribution is 6.31. The Kier molecular flexibility index (Phi) is 2.72. The first-order chi connectivity index (χ1) is 9.49. The van der Waals surface area contributed by atoms with Crippen molar-refractivity contribution >= 4 is 22.8 Å². The van der Waals surface area contributed by atoms with Crippen LogP contribution < -0.4 is 11.2 Å². The molecule has 0 amide bonds. The predicted molar refractivity (Wildman–Crippen MR) is 72.4 cm³/mol. The van der Waals surface area contributed by atoms with Gasteiger partial charge in [0.1, 0.15) is 11.3 Å². The number of imidazole rings is 1. The highest BCUT2D eigenvalue weighted by Gasteiger charge is 2.15. The molecule has 6 nitrogen and oxygen atoms in total. The number of halogens is 2. The van der Waals surface area contributed by atoms with E-state index in [1.165, 1.54) is 23.7 Å². The Balaban J connectivity index is 2.37. The first-order valence-electron chi connectivity index (χ1n) is 5.62. The van der Waals surface area contributed by atoms with Gasteiger partial charge < -0.3 is 4.98 Å². The van der Waals surface area contributed by atoms with Gasteiger partial charge in [0.2, 0.25) is 0 Å². The second-order valence-corrected chi connectivity index (χ2v) is 4.61. The highest BCUT2D eigenvalue weighted by atomic mass is 35.5. The Morgan fingerprint density at radius 2 is 2.05 bits per heavy atom. The lowest BCUT2D eigenvalue weighted by Crippen LogP contribution is -2.28. The molecule has 0 aliphatic carbocycles. The zero-order valence-electron chi connectivity index (χ0n) is 10.2.